The van der Waals surface area contributed by atoms with Crippen LogP contribution in [0.25, 0.3) is 0 Å². The van der Waals surface area contributed by atoms with Gasteiger partial charge in [0.15, 0.2) is 6.61 Å². The lowest BCUT2D eigenvalue weighted by atomic mass is 10.1. The van der Waals surface area contributed by atoms with Crippen LogP contribution < -0.4 is 5.32 Å². The number of carbonyl (C=O) groups excluding carboxylic acids is 2. The molecule has 0 fully saturated rings. The molecule has 0 saturated heterocycles. The predicted molar refractivity (Wildman–Crippen MR) is 86.4 cm³/mol. The lowest BCUT2D eigenvalue weighted by molar-refractivity contribution is -0.119. The molecule has 1 amide bonds. The van der Waals surface area contributed by atoms with Gasteiger partial charge in [-0.3, -0.25) is 4.79 Å². The van der Waals surface area contributed by atoms with Crippen LogP contribution in [0, 0.1) is 17.1 Å². The lowest BCUT2D eigenvalue weighted by Crippen LogP contribution is -2.21. The van der Waals surface area contributed by atoms with E-state index in [1.54, 1.807) is 0 Å². The Balaban J connectivity index is 1.61. The third-order valence-electron chi connectivity index (χ3n) is 3.68. The first-order valence-corrected chi connectivity index (χ1v) is 8.17. The number of aryl methyl sites for hydroxylation is 1. The van der Waals surface area contributed by atoms with Gasteiger partial charge < -0.3 is 10.1 Å². The number of benzene rings is 1. The molecule has 0 aliphatic heterocycles. The summed E-state index contributed by atoms with van der Waals surface area (Å²) in [5.41, 5.74) is 1.54. The number of nitrogens with one attached hydrogen (secondary N) is 1. The van der Waals surface area contributed by atoms with Crippen molar-refractivity contribution in [1.82, 2.24) is 0 Å². The van der Waals surface area contributed by atoms with Crippen LogP contribution in [0.15, 0.2) is 24.3 Å². The van der Waals surface area contributed by atoms with Gasteiger partial charge in [0.05, 0.1) is 11.1 Å². The fourth-order valence-corrected chi connectivity index (χ4v) is 3.86. The molecule has 1 aromatic heterocycles. The van der Waals surface area contributed by atoms with E-state index in [1.807, 2.05) is 0 Å². The number of thiophene rings is 1. The van der Waals surface area contributed by atoms with Crippen LogP contribution in [0.5, 0.6) is 0 Å². The first-order valence-electron chi connectivity index (χ1n) is 7.35. The van der Waals surface area contributed by atoms with E-state index < -0.39 is 24.3 Å². The van der Waals surface area contributed by atoms with Crippen LogP contribution in [0.2, 0.25) is 0 Å². The minimum absolute atomic E-state index is 0.0376. The van der Waals surface area contributed by atoms with E-state index in [9.17, 15) is 19.2 Å². The number of ether oxygens (including phenoxy) is 1. The van der Waals surface area contributed by atoms with Gasteiger partial charge in [-0.1, -0.05) is 6.07 Å². The molecule has 24 heavy (non-hydrogen) atoms. The second-order valence-corrected chi connectivity index (χ2v) is 6.41. The summed E-state index contributed by atoms with van der Waals surface area (Å²) >= 11 is 1.39. The Labute approximate surface area is 141 Å². The van der Waals surface area contributed by atoms with Gasteiger partial charge >= 0.3 is 5.97 Å². The molecule has 1 heterocycles. The molecule has 3 rings (SSSR count). The lowest BCUT2D eigenvalue weighted by Gasteiger charge is -2.06. The van der Waals surface area contributed by atoms with Gasteiger partial charge in [0.25, 0.3) is 5.91 Å². The molecule has 1 aliphatic rings. The van der Waals surface area contributed by atoms with Crippen molar-refractivity contribution in [2.45, 2.75) is 19.3 Å². The molecule has 0 bridgehead atoms. The van der Waals surface area contributed by atoms with Crippen LogP contribution in [0.4, 0.5) is 9.39 Å². The highest BCUT2D eigenvalue weighted by atomic mass is 32.1. The summed E-state index contributed by atoms with van der Waals surface area (Å²) in [5.74, 6) is -1.87. The third kappa shape index (κ3) is 3.29. The number of fused-ring (bicyclic) bond motifs is 1. The van der Waals surface area contributed by atoms with E-state index in [1.165, 1.54) is 29.5 Å². The van der Waals surface area contributed by atoms with Gasteiger partial charge in [-0.2, -0.15) is 5.26 Å². The number of rotatable bonds is 4. The predicted octanol–water partition coefficient (Wildman–Crippen LogP) is 3.04. The Morgan fingerprint density at radius 2 is 2.21 bits per heavy atom. The van der Waals surface area contributed by atoms with Crippen molar-refractivity contribution in [3.63, 3.8) is 0 Å². The molecule has 0 unspecified atom stereocenters. The van der Waals surface area contributed by atoms with Crippen LogP contribution in [-0.4, -0.2) is 18.5 Å². The average Bonchev–Trinajstić information content (AvgIpc) is 3.13. The summed E-state index contributed by atoms with van der Waals surface area (Å²) in [6, 6.07) is 7.17. The summed E-state index contributed by atoms with van der Waals surface area (Å²) < 4.78 is 17.9. The zero-order valence-corrected chi connectivity index (χ0v) is 13.4. The first kappa shape index (κ1) is 16.1. The summed E-state index contributed by atoms with van der Waals surface area (Å²) in [6.07, 6.45) is 2.79. The van der Waals surface area contributed by atoms with Crippen LogP contribution in [0.1, 0.15) is 32.8 Å². The molecule has 0 saturated carbocycles. The Bertz CT molecular complexity index is 854. The SMILES string of the molecule is N#Cc1c(NC(=O)COC(=O)c2cccc(F)c2)sc2c1CCC2. The molecule has 5 nitrogen and oxygen atoms in total. The number of amides is 1. The van der Waals surface area contributed by atoms with Gasteiger partial charge in [-0.05, 0) is 43.0 Å². The second kappa shape index (κ2) is 6.81. The van der Waals surface area contributed by atoms with Crippen molar-refractivity contribution >= 4 is 28.2 Å². The zero-order valence-electron chi connectivity index (χ0n) is 12.6. The largest absolute Gasteiger partial charge is 0.452 e. The average molecular weight is 344 g/mol. The van der Waals surface area contributed by atoms with Gasteiger partial charge in [0, 0.05) is 4.88 Å². The molecule has 0 spiro atoms. The smallest absolute Gasteiger partial charge is 0.338 e. The van der Waals surface area contributed by atoms with E-state index in [4.69, 9.17) is 4.74 Å². The molecule has 0 radical (unpaired) electrons. The zero-order chi connectivity index (χ0) is 17.1. The Morgan fingerprint density at radius 3 is 2.96 bits per heavy atom. The highest BCUT2D eigenvalue weighted by Gasteiger charge is 2.23. The topological polar surface area (TPSA) is 79.2 Å². The van der Waals surface area contributed by atoms with Crippen molar-refractivity contribution in [3.05, 3.63) is 51.7 Å². The fourth-order valence-electron chi connectivity index (χ4n) is 2.60. The summed E-state index contributed by atoms with van der Waals surface area (Å²) in [5, 5.41) is 12.4. The molecule has 1 aliphatic carbocycles. The standard InChI is InChI=1S/C17H13FN2O3S/c18-11-4-1-3-10(7-11)17(22)23-9-15(21)20-16-13(8-19)12-5-2-6-14(12)24-16/h1,3-4,7H,2,5-6,9H2,(H,20,21). The van der Waals surface area contributed by atoms with E-state index >= 15 is 0 Å². The van der Waals surface area contributed by atoms with E-state index in [0.717, 1.165) is 35.8 Å². The molecule has 122 valence electrons. The number of esters is 1. The normalized spacial score (nSPS) is 12.3. The van der Waals surface area contributed by atoms with Crippen LogP contribution in [0.3, 0.4) is 0 Å². The van der Waals surface area contributed by atoms with Gasteiger partial charge in [0.1, 0.15) is 16.9 Å². The van der Waals surface area contributed by atoms with E-state index in [2.05, 4.69) is 11.4 Å². The van der Waals surface area contributed by atoms with Gasteiger partial charge in [-0.15, -0.1) is 11.3 Å². The number of nitrogens with zero attached hydrogens (tertiary/aromatic N) is 1. The minimum atomic E-state index is -0.779. The van der Waals surface area contributed by atoms with Crippen molar-refractivity contribution in [1.29, 1.82) is 5.26 Å². The highest BCUT2D eigenvalue weighted by Crippen LogP contribution is 2.38. The number of hydrogen-bond acceptors (Lipinski definition) is 5. The van der Waals surface area contributed by atoms with Crippen molar-refractivity contribution in [2.24, 2.45) is 0 Å². The molecule has 1 aromatic carbocycles. The maximum Gasteiger partial charge on any atom is 0.338 e. The van der Waals surface area contributed by atoms with E-state index in [0.29, 0.717) is 10.6 Å². The van der Waals surface area contributed by atoms with Gasteiger partial charge in [0.2, 0.25) is 0 Å². The molecule has 7 heteroatoms. The summed E-state index contributed by atoms with van der Waals surface area (Å²) in [4.78, 5) is 24.8. The number of halogens is 1. The first-order chi connectivity index (χ1) is 11.6. The fraction of sp³-hybridized carbons (Fsp3) is 0.235. The monoisotopic (exact) mass is 344 g/mol. The highest BCUT2D eigenvalue weighted by molar-refractivity contribution is 7.16. The third-order valence-corrected chi connectivity index (χ3v) is 4.89. The molecular weight excluding hydrogens is 331 g/mol. The number of carbonyl (C=O) groups is 2. The second-order valence-electron chi connectivity index (χ2n) is 5.31. The van der Waals surface area contributed by atoms with Crippen molar-refractivity contribution < 1.29 is 18.7 Å². The van der Waals surface area contributed by atoms with Gasteiger partial charge in [-0.25, -0.2) is 9.18 Å². The van der Waals surface area contributed by atoms with Crippen molar-refractivity contribution in [3.8, 4) is 6.07 Å². The number of anilines is 1. The Kier molecular flexibility index (Phi) is 4.58. The van der Waals surface area contributed by atoms with E-state index in [-0.39, 0.29) is 5.56 Å². The maximum absolute atomic E-state index is 13.1. The molecular formula is C17H13FN2O3S. The van der Waals surface area contributed by atoms with Crippen LogP contribution >= 0.6 is 11.3 Å². The summed E-state index contributed by atoms with van der Waals surface area (Å²) in [7, 11) is 0. The molecule has 0 atom stereocenters. The Hall–Kier alpha value is -2.72. The van der Waals surface area contributed by atoms with Crippen LogP contribution in [-0.2, 0) is 22.4 Å². The molecule has 2 aromatic rings. The number of hydrogen-bond donors (Lipinski definition) is 1. The van der Waals surface area contributed by atoms with Crippen molar-refractivity contribution in [2.75, 3.05) is 11.9 Å². The molecule has 1 N–H and O–H groups in total. The Morgan fingerprint density at radius 1 is 1.38 bits per heavy atom. The summed E-state index contributed by atoms with van der Waals surface area (Å²) in [6.45, 7) is -0.497. The number of nitriles is 1. The quantitative estimate of drug-likeness (QED) is 0.865. The maximum atomic E-state index is 13.1. The minimum Gasteiger partial charge on any atom is -0.452 e.